The minimum absolute atomic E-state index is 0. The third kappa shape index (κ3) is 2.44. The predicted molar refractivity (Wildman–Crippen MR) is 101 cm³/mol. The van der Waals surface area contributed by atoms with Crippen molar-refractivity contribution in [1.29, 1.82) is 0 Å². The molecule has 0 spiro atoms. The molecule has 0 N–H and O–H groups in total. The average molecular weight is 402 g/mol. The van der Waals surface area contributed by atoms with Gasteiger partial charge in [0.05, 0.1) is 17.1 Å². The molecule has 3 heterocycles. The SMILES string of the molecule is Br.CCC1=C(c2cc3c(Cl)cccc3s2)N2CCN=C2S1. The number of benzene rings is 1. The lowest BCUT2D eigenvalue weighted by atomic mass is 10.2. The Hall–Kier alpha value is -0.490. The van der Waals surface area contributed by atoms with E-state index in [1.54, 1.807) is 0 Å². The zero-order chi connectivity index (χ0) is 13.7. The Morgan fingerprint density at radius 1 is 1.38 bits per heavy atom. The number of fused-ring (bicyclic) bond motifs is 2. The Kier molecular flexibility index (Phi) is 4.37. The minimum atomic E-state index is 0. The van der Waals surface area contributed by atoms with Gasteiger partial charge in [0, 0.05) is 26.6 Å². The fourth-order valence-electron chi connectivity index (χ4n) is 2.68. The van der Waals surface area contributed by atoms with Crippen molar-refractivity contribution in [3.8, 4) is 0 Å². The number of thioether (sulfide) groups is 1. The van der Waals surface area contributed by atoms with E-state index in [-0.39, 0.29) is 17.0 Å². The number of aliphatic imine (C=N–C) groups is 1. The van der Waals surface area contributed by atoms with Crippen molar-refractivity contribution in [1.82, 2.24) is 4.90 Å². The van der Waals surface area contributed by atoms with E-state index >= 15 is 0 Å². The fourth-order valence-corrected chi connectivity index (χ4v) is 5.33. The van der Waals surface area contributed by atoms with Crippen LogP contribution in [0.5, 0.6) is 0 Å². The van der Waals surface area contributed by atoms with Gasteiger partial charge in [0.25, 0.3) is 0 Å². The molecular weight excluding hydrogens is 388 g/mol. The Labute approximate surface area is 147 Å². The molecule has 0 saturated carbocycles. The molecule has 1 aromatic heterocycles. The van der Waals surface area contributed by atoms with E-state index in [0.717, 1.165) is 29.9 Å². The van der Waals surface area contributed by atoms with Crippen molar-refractivity contribution in [3.63, 3.8) is 0 Å². The predicted octanol–water partition coefficient (Wildman–Crippen LogP) is 5.63. The number of thiophene rings is 1. The maximum Gasteiger partial charge on any atom is 0.168 e. The van der Waals surface area contributed by atoms with Crippen molar-refractivity contribution in [3.05, 3.63) is 39.1 Å². The van der Waals surface area contributed by atoms with Crippen molar-refractivity contribution in [2.45, 2.75) is 13.3 Å². The van der Waals surface area contributed by atoms with Gasteiger partial charge in [-0.25, -0.2) is 0 Å². The van der Waals surface area contributed by atoms with Gasteiger partial charge in [0.2, 0.25) is 0 Å². The maximum atomic E-state index is 6.31. The summed E-state index contributed by atoms with van der Waals surface area (Å²) in [5, 5.41) is 3.16. The Bertz CT molecular complexity index is 766. The molecule has 0 bridgehead atoms. The Morgan fingerprint density at radius 2 is 2.24 bits per heavy atom. The molecule has 0 fully saturated rings. The normalized spacial score (nSPS) is 17.2. The molecule has 0 radical (unpaired) electrons. The lowest BCUT2D eigenvalue weighted by Gasteiger charge is -2.15. The van der Waals surface area contributed by atoms with Crippen molar-refractivity contribution in [2.24, 2.45) is 4.99 Å². The second kappa shape index (κ2) is 5.95. The van der Waals surface area contributed by atoms with Crippen LogP contribution in [0.3, 0.4) is 0 Å². The molecule has 0 atom stereocenters. The fraction of sp³-hybridized carbons (Fsp3) is 0.267. The van der Waals surface area contributed by atoms with E-state index in [2.05, 4.69) is 28.9 Å². The van der Waals surface area contributed by atoms with Crippen LogP contribution in [0.2, 0.25) is 5.02 Å². The van der Waals surface area contributed by atoms with Crippen LogP contribution in [0, 0.1) is 0 Å². The van der Waals surface area contributed by atoms with Crippen LogP contribution in [-0.2, 0) is 0 Å². The third-order valence-corrected chi connectivity index (χ3v) is 6.31. The second-order valence-corrected chi connectivity index (χ2v) is 7.36. The number of amidine groups is 1. The van der Waals surface area contributed by atoms with Gasteiger partial charge in [-0.15, -0.1) is 28.3 Å². The molecule has 4 rings (SSSR count). The Morgan fingerprint density at radius 3 is 3.00 bits per heavy atom. The second-order valence-electron chi connectivity index (χ2n) is 4.81. The van der Waals surface area contributed by atoms with Gasteiger partial charge < -0.3 is 4.90 Å². The number of allylic oxidation sites excluding steroid dienone is 1. The molecule has 0 saturated heterocycles. The monoisotopic (exact) mass is 400 g/mol. The maximum absolute atomic E-state index is 6.31. The van der Waals surface area contributed by atoms with E-state index in [1.807, 2.05) is 35.2 Å². The molecular formula is C15H14BrClN2S2. The van der Waals surface area contributed by atoms with Crippen molar-refractivity contribution >= 4 is 72.6 Å². The first kappa shape index (κ1) is 15.4. The quantitative estimate of drug-likeness (QED) is 0.648. The van der Waals surface area contributed by atoms with Gasteiger partial charge in [-0.05, 0) is 24.6 Å². The first-order chi connectivity index (χ1) is 9.78. The van der Waals surface area contributed by atoms with Gasteiger partial charge in [-0.3, -0.25) is 4.99 Å². The van der Waals surface area contributed by atoms with Gasteiger partial charge >= 0.3 is 0 Å². The van der Waals surface area contributed by atoms with Gasteiger partial charge in [-0.2, -0.15) is 0 Å². The van der Waals surface area contributed by atoms with E-state index in [0.29, 0.717) is 0 Å². The summed E-state index contributed by atoms with van der Waals surface area (Å²) in [5.74, 6) is 0. The van der Waals surface area contributed by atoms with Gasteiger partial charge in [0.1, 0.15) is 0 Å². The van der Waals surface area contributed by atoms with Crippen LogP contribution < -0.4 is 0 Å². The van der Waals surface area contributed by atoms with Crippen LogP contribution in [0.25, 0.3) is 15.8 Å². The molecule has 2 nitrogen and oxygen atoms in total. The molecule has 0 amide bonds. The molecule has 0 unspecified atom stereocenters. The van der Waals surface area contributed by atoms with Crippen LogP contribution in [0.1, 0.15) is 18.2 Å². The molecule has 6 heteroatoms. The molecule has 21 heavy (non-hydrogen) atoms. The Balaban J connectivity index is 0.00000132. The third-order valence-electron chi connectivity index (χ3n) is 3.61. The number of hydrogen-bond acceptors (Lipinski definition) is 4. The summed E-state index contributed by atoms with van der Waals surface area (Å²) < 4.78 is 1.25. The smallest absolute Gasteiger partial charge is 0.168 e. The number of nitrogens with zero attached hydrogens (tertiary/aromatic N) is 2. The highest BCUT2D eigenvalue weighted by atomic mass is 79.9. The summed E-state index contributed by atoms with van der Waals surface area (Å²) in [6, 6.07) is 8.35. The molecule has 2 aromatic rings. The average Bonchev–Trinajstić information content (AvgIpc) is 3.10. The van der Waals surface area contributed by atoms with Gasteiger partial charge in [-0.1, -0.05) is 36.4 Å². The highest BCUT2D eigenvalue weighted by molar-refractivity contribution is 8.93. The number of hydrogen-bond donors (Lipinski definition) is 0. The van der Waals surface area contributed by atoms with E-state index in [4.69, 9.17) is 11.6 Å². The molecule has 1 aromatic carbocycles. The number of halogens is 2. The summed E-state index contributed by atoms with van der Waals surface area (Å²) in [7, 11) is 0. The first-order valence-corrected chi connectivity index (χ1v) is 8.70. The van der Waals surface area contributed by atoms with Crippen LogP contribution in [0.15, 0.2) is 34.2 Å². The first-order valence-electron chi connectivity index (χ1n) is 6.69. The van der Waals surface area contributed by atoms with Crippen molar-refractivity contribution < 1.29 is 0 Å². The van der Waals surface area contributed by atoms with Crippen LogP contribution in [0.4, 0.5) is 0 Å². The zero-order valence-corrected chi connectivity index (χ0v) is 15.5. The van der Waals surface area contributed by atoms with E-state index < -0.39 is 0 Å². The topological polar surface area (TPSA) is 15.6 Å². The minimum Gasteiger partial charge on any atom is -0.317 e. The van der Waals surface area contributed by atoms with E-state index in [9.17, 15) is 0 Å². The molecule has 2 aliphatic rings. The standard InChI is InChI=1S/C15H13ClN2S2.BrH/c1-2-11-14(18-7-6-17-15(18)20-11)13-8-9-10(16)4-3-5-12(9)19-13;/h3-5,8H,2,6-7H2,1H3;1H. The zero-order valence-electron chi connectivity index (χ0n) is 11.4. The molecule has 110 valence electrons. The van der Waals surface area contributed by atoms with Crippen LogP contribution in [-0.4, -0.2) is 23.2 Å². The summed E-state index contributed by atoms with van der Waals surface area (Å²) in [6.07, 6.45) is 1.05. The van der Waals surface area contributed by atoms with E-state index in [1.165, 1.54) is 25.3 Å². The van der Waals surface area contributed by atoms with Gasteiger partial charge in [0.15, 0.2) is 5.17 Å². The summed E-state index contributed by atoms with van der Waals surface area (Å²) in [6.45, 7) is 4.13. The largest absolute Gasteiger partial charge is 0.317 e. The number of rotatable bonds is 2. The lowest BCUT2D eigenvalue weighted by molar-refractivity contribution is 0.648. The molecule has 0 aliphatic carbocycles. The highest BCUT2D eigenvalue weighted by Gasteiger charge is 2.32. The lowest BCUT2D eigenvalue weighted by Crippen LogP contribution is -2.19. The molecule has 2 aliphatic heterocycles. The highest BCUT2D eigenvalue weighted by Crippen LogP contribution is 2.46. The summed E-state index contributed by atoms with van der Waals surface area (Å²) in [5.41, 5.74) is 1.35. The summed E-state index contributed by atoms with van der Waals surface area (Å²) in [4.78, 5) is 9.68. The summed E-state index contributed by atoms with van der Waals surface area (Å²) >= 11 is 9.96. The van der Waals surface area contributed by atoms with Crippen molar-refractivity contribution in [2.75, 3.05) is 13.1 Å². The van der Waals surface area contributed by atoms with Crippen LogP contribution >= 0.6 is 51.7 Å².